The lowest BCUT2D eigenvalue weighted by atomic mass is 10.3. The molecule has 1 N–H and O–H groups in total. The number of carbonyl (C=O) groups excluding carboxylic acids is 1. The summed E-state index contributed by atoms with van der Waals surface area (Å²) < 4.78 is 1.29. The second-order valence-electron chi connectivity index (χ2n) is 3.44. The molecule has 2 heterocycles. The molecule has 0 fully saturated rings. The Morgan fingerprint density at radius 1 is 1.53 bits per heavy atom. The SMILES string of the molecule is Cc1cn(-c2ncccc2C=O)nc1C(=O)O. The monoisotopic (exact) mass is 231 g/mol. The first-order valence-corrected chi connectivity index (χ1v) is 4.83. The van der Waals surface area contributed by atoms with Gasteiger partial charge in [0.2, 0.25) is 0 Å². The molecule has 0 saturated carbocycles. The number of rotatable bonds is 3. The maximum absolute atomic E-state index is 10.9. The summed E-state index contributed by atoms with van der Waals surface area (Å²) >= 11 is 0. The van der Waals surface area contributed by atoms with E-state index in [9.17, 15) is 9.59 Å². The molecule has 0 spiro atoms. The first kappa shape index (κ1) is 11.0. The highest BCUT2D eigenvalue weighted by molar-refractivity contribution is 5.87. The highest BCUT2D eigenvalue weighted by Gasteiger charge is 2.14. The van der Waals surface area contributed by atoms with E-state index in [1.807, 2.05) is 0 Å². The van der Waals surface area contributed by atoms with E-state index in [4.69, 9.17) is 5.11 Å². The summed E-state index contributed by atoms with van der Waals surface area (Å²) in [6, 6.07) is 3.22. The molecule has 0 atom stereocenters. The van der Waals surface area contributed by atoms with Gasteiger partial charge in [-0.05, 0) is 19.1 Å². The Bertz CT molecular complexity index is 589. The zero-order valence-corrected chi connectivity index (χ0v) is 8.99. The Hall–Kier alpha value is -2.50. The minimum Gasteiger partial charge on any atom is -0.476 e. The number of aromatic carboxylic acids is 1. The molecule has 17 heavy (non-hydrogen) atoms. The topological polar surface area (TPSA) is 85.1 Å². The van der Waals surface area contributed by atoms with Crippen molar-refractivity contribution in [2.45, 2.75) is 6.92 Å². The van der Waals surface area contributed by atoms with Crippen LogP contribution in [0.25, 0.3) is 5.82 Å². The number of hydrogen-bond donors (Lipinski definition) is 1. The Morgan fingerprint density at radius 3 is 2.88 bits per heavy atom. The van der Waals surface area contributed by atoms with E-state index in [-0.39, 0.29) is 5.69 Å². The predicted molar refractivity (Wildman–Crippen MR) is 58.4 cm³/mol. The fourth-order valence-electron chi connectivity index (χ4n) is 1.47. The largest absolute Gasteiger partial charge is 0.476 e. The normalized spacial score (nSPS) is 10.2. The average molecular weight is 231 g/mol. The van der Waals surface area contributed by atoms with E-state index in [0.717, 1.165) is 0 Å². The third-order valence-electron chi connectivity index (χ3n) is 2.26. The number of nitrogens with zero attached hydrogens (tertiary/aromatic N) is 3. The molecule has 0 unspecified atom stereocenters. The molecule has 2 aromatic heterocycles. The Balaban J connectivity index is 2.57. The van der Waals surface area contributed by atoms with E-state index >= 15 is 0 Å². The van der Waals surface area contributed by atoms with E-state index in [2.05, 4.69) is 10.1 Å². The maximum Gasteiger partial charge on any atom is 0.356 e. The summed E-state index contributed by atoms with van der Waals surface area (Å²) in [6.07, 6.45) is 3.69. The second-order valence-corrected chi connectivity index (χ2v) is 3.44. The minimum absolute atomic E-state index is 0.0486. The van der Waals surface area contributed by atoms with E-state index in [1.54, 1.807) is 19.1 Å². The zero-order chi connectivity index (χ0) is 12.4. The average Bonchev–Trinajstić information content (AvgIpc) is 2.71. The maximum atomic E-state index is 10.9. The van der Waals surface area contributed by atoms with Gasteiger partial charge in [0.15, 0.2) is 17.8 Å². The van der Waals surface area contributed by atoms with Crippen LogP contribution in [0.1, 0.15) is 26.4 Å². The number of hydrogen-bond acceptors (Lipinski definition) is 4. The van der Waals surface area contributed by atoms with Crippen LogP contribution in [-0.4, -0.2) is 32.1 Å². The predicted octanol–water partition coefficient (Wildman–Crippen LogP) is 1.09. The summed E-state index contributed by atoms with van der Waals surface area (Å²) in [5.41, 5.74) is 0.819. The lowest BCUT2D eigenvalue weighted by Gasteiger charge is -2.01. The molecule has 6 heteroatoms. The lowest BCUT2D eigenvalue weighted by molar-refractivity contribution is 0.0689. The van der Waals surface area contributed by atoms with E-state index in [0.29, 0.717) is 23.2 Å². The highest BCUT2D eigenvalue weighted by atomic mass is 16.4. The molecule has 0 amide bonds. The number of carboxylic acid groups (broad SMARTS) is 1. The standard InChI is InChI=1S/C11H9N3O3/c1-7-5-14(13-9(7)11(16)17)10-8(6-15)3-2-4-12-10/h2-6H,1H3,(H,16,17). The molecule has 2 aromatic rings. The smallest absolute Gasteiger partial charge is 0.356 e. The van der Waals surface area contributed by atoms with Crippen LogP contribution in [0.4, 0.5) is 0 Å². The summed E-state index contributed by atoms with van der Waals surface area (Å²) in [4.78, 5) is 25.7. The van der Waals surface area contributed by atoms with Gasteiger partial charge in [0.1, 0.15) is 0 Å². The number of pyridine rings is 1. The first-order chi connectivity index (χ1) is 8.13. The van der Waals surface area contributed by atoms with Crippen LogP contribution >= 0.6 is 0 Å². The highest BCUT2D eigenvalue weighted by Crippen LogP contribution is 2.12. The summed E-state index contributed by atoms with van der Waals surface area (Å²) in [6.45, 7) is 1.64. The van der Waals surface area contributed by atoms with Crippen LogP contribution in [0.15, 0.2) is 24.5 Å². The number of aldehydes is 1. The van der Waals surface area contributed by atoms with Gasteiger partial charge in [-0.15, -0.1) is 0 Å². The molecule has 0 aliphatic rings. The van der Waals surface area contributed by atoms with Gasteiger partial charge >= 0.3 is 5.97 Å². The number of carboxylic acids is 1. The van der Waals surface area contributed by atoms with Gasteiger partial charge in [0.25, 0.3) is 0 Å². The molecule has 2 rings (SSSR count). The number of aryl methyl sites for hydroxylation is 1. The van der Waals surface area contributed by atoms with Crippen molar-refractivity contribution >= 4 is 12.3 Å². The van der Waals surface area contributed by atoms with Crippen molar-refractivity contribution in [2.24, 2.45) is 0 Å². The first-order valence-electron chi connectivity index (χ1n) is 4.83. The molecule has 86 valence electrons. The van der Waals surface area contributed by atoms with Gasteiger partial charge < -0.3 is 5.11 Å². The van der Waals surface area contributed by atoms with Crippen molar-refractivity contribution in [3.8, 4) is 5.82 Å². The van der Waals surface area contributed by atoms with Gasteiger partial charge in [-0.25, -0.2) is 14.5 Å². The van der Waals surface area contributed by atoms with Crippen LogP contribution in [0.5, 0.6) is 0 Å². The molecule has 0 bridgehead atoms. The van der Waals surface area contributed by atoms with Crippen LogP contribution in [0, 0.1) is 6.92 Å². The van der Waals surface area contributed by atoms with Crippen molar-refractivity contribution in [1.82, 2.24) is 14.8 Å². The van der Waals surface area contributed by atoms with E-state index < -0.39 is 5.97 Å². The van der Waals surface area contributed by atoms with Crippen LogP contribution in [0.3, 0.4) is 0 Å². The zero-order valence-electron chi connectivity index (χ0n) is 8.99. The molecule has 0 saturated heterocycles. The van der Waals surface area contributed by atoms with Crippen molar-refractivity contribution in [3.63, 3.8) is 0 Å². The van der Waals surface area contributed by atoms with E-state index in [1.165, 1.54) is 17.1 Å². The van der Waals surface area contributed by atoms with Gasteiger partial charge in [-0.2, -0.15) is 5.10 Å². The van der Waals surface area contributed by atoms with Crippen LogP contribution in [-0.2, 0) is 0 Å². The van der Waals surface area contributed by atoms with Gasteiger partial charge in [0, 0.05) is 18.0 Å². The van der Waals surface area contributed by atoms with Crippen molar-refractivity contribution in [2.75, 3.05) is 0 Å². The molecule has 0 aliphatic heterocycles. The summed E-state index contributed by atoms with van der Waals surface area (Å²) in [7, 11) is 0. The van der Waals surface area contributed by atoms with Gasteiger partial charge in [-0.1, -0.05) is 0 Å². The minimum atomic E-state index is -1.11. The molecule has 0 aliphatic carbocycles. The fraction of sp³-hybridized carbons (Fsp3) is 0.0909. The molecular formula is C11H9N3O3. The summed E-state index contributed by atoms with van der Waals surface area (Å²) in [5, 5.41) is 12.8. The molecule has 0 aromatic carbocycles. The van der Waals surface area contributed by atoms with Gasteiger partial charge in [-0.3, -0.25) is 4.79 Å². The van der Waals surface area contributed by atoms with Crippen LogP contribution in [0.2, 0.25) is 0 Å². The van der Waals surface area contributed by atoms with Crippen molar-refractivity contribution in [1.29, 1.82) is 0 Å². The Kier molecular flexibility index (Phi) is 2.70. The van der Waals surface area contributed by atoms with Crippen molar-refractivity contribution < 1.29 is 14.7 Å². The lowest BCUT2D eigenvalue weighted by Crippen LogP contribution is -2.05. The third-order valence-corrected chi connectivity index (χ3v) is 2.26. The molecule has 0 radical (unpaired) electrons. The van der Waals surface area contributed by atoms with Crippen molar-refractivity contribution in [3.05, 3.63) is 41.3 Å². The van der Waals surface area contributed by atoms with Crippen LogP contribution < -0.4 is 0 Å². The Labute approximate surface area is 96.5 Å². The Morgan fingerprint density at radius 2 is 2.29 bits per heavy atom. The molecule has 6 nitrogen and oxygen atoms in total. The number of carbonyl (C=O) groups is 2. The second kappa shape index (κ2) is 4.17. The molecular weight excluding hydrogens is 222 g/mol. The third kappa shape index (κ3) is 1.92. The quantitative estimate of drug-likeness (QED) is 0.799. The summed E-state index contributed by atoms with van der Waals surface area (Å²) in [5.74, 6) is -0.789. The fourth-order valence-corrected chi connectivity index (χ4v) is 1.47. The van der Waals surface area contributed by atoms with Gasteiger partial charge in [0.05, 0.1) is 5.56 Å². The number of aromatic nitrogens is 3.